The Morgan fingerprint density at radius 1 is 1.03 bits per heavy atom. The van der Waals surface area contributed by atoms with Gasteiger partial charge < -0.3 is 0 Å². The number of rotatable bonds is 5. The van der Waals surface area contributed by atoms with Crippen LogP contribution in [0.4, 0.5) is 17.6 Å². The summed E-state index contributed by atoms with van der Waals surface area (Å²) in [6, 6.07) is 12.0. The highest BCUT2D eigenvalue weighted by Gasteiger charge is 2.36. The molecule has 1 aromatic heterocycles. The summed E-state index contributed by atoms with van der Waals surface area (Å²) in [5, 5.41) is 4.52. The SMILES string of the molecule is O=C(Cc1ccc2cnn(S(=O)(=O)c3cccc(Cl)c3)c2c1)c1c(F)cccc1C(F)(F)F. The van der Waals surface area contributed by atoms with E-state index >= 15 is 0 Å². The predicted molar refractivity (Wildman–Crippen MR) is 113 cm³/mol. The molecule has 0 spiro atoms. The van der Waals surface area contributed by atoms with Crippen molar-refractivity contribution in [3.63, 3.8) is 0 Å². The minimum absolute atomic E-state index is 0.102. The molecule has 0 aliphatic heterocycles. The zero-order chi connectivity index (χ0) is 24.0. The number of benzene rings is 3. The lowest BCUT2D eigenvalue weighted by Gasteiger charge is -2.13. The molecule has 0 atom stereocenters. The van der Waals surface area contributed by atoms with Crippen LogP contribution in [0, 0.1) is 5.82 Å². The van der Waals surface area contributed by atoms with Crippen LogP contribution >= 0.6 is 11.6 Å². The number of fused-ring (bicyclic) bond motifs is 1. The smallest absolute Gasteiger partial charge is 0.294 e. The lowest BCUT2D eigenvalue weighted by Crippen LogP contribution is -2.17. The summed E-state index contributed by atoms with van der Waals surface area (Å²) >= 11 is 5.89. The summed E-state index contributed by atoms with van der Waals surface area (Å²) < 4.78 is 80.7. The molecule has 11 heteroatoms. The number of halogens is 5. The number of carbonyl (C=O) groups is 1. The topological polar surface area (TPSA) is 69.0 Å². The van der Waals surface area contributed by atoms with Crippen LogP contribution in [-0.4, -0.2) is 23.4 Å². The molecular weight excluding hydrogens is 484 g/mol. The van der Waals surface area contributed by atoms with Gasteiger partial charge in [-0.1, -0.05) is 35.9 Å². The third kappa shape index (κ3) is 4.36. The Hall–Kier alpha value is -3.24. The molecule has 0 aliphatic carbocycles. The van der Waals surface area contributed by atoms with Crippen LogP contribution in [-0.2, 0) is 22.6 Å². The Morgan fingerprint density at radius 3 is 2.45 bits per heavy atom. The zero-order valence-electron chi connectivity index (χ0n) is 16.5. The van der Waals surface area contributed by atoms with Crippen LogP contribution in [0.1, 0.15) is 21.5 Å². The minimum atomic E-state index is -4.92. The number of nitrogens with zero attached hydrogens (tertiary/aromatic N) is 2. The molecule has 0 amide bonds. The summed E-state index contributed by atoms with van der Waals surface area (Å²) in [7, 11) is -4.15. The van der Waals surface area contributed by atoms with Crippen LogP contribution < -0.4 is 0 Å². The number of aromatic nitrogens is 2. The van der Waals surface area contributed by atoms with Gasteiger partial charge in [0.25, 0.3) is 10.0 Å². The fourth-order valence-electron chi connectivity index (χ4n) is 3.39. The van der Waals surface area contributed by atoms with Crippen molar-refractivity contribution in [2.45, 2.75) is 17.5 Å². The van der Waals surface area contributed by atoms with Gasteiger partial charge in [-0.3, -0.25) is 4.79 Å². The van der Waals surface area contributed by atoms with E-state index in [4.69, 9.17) is 11.6 Å². The van der Waals surface area contributed by atoms with Crippen molar-refractivity contribution in [3.05, 3.63) is 94.4 Å². The van der Waals surface area contributed by atoms with E-state index in [-0.39, 0.29) is 21.0 Å². The Bertz CT molecular complexity index is 1500. The van der Waals surface area contributed by atoms with Crippen LogP contribution in [0.5, 0.6) is 0 Å². The minimum Gasteiger partial charge on any atom is -0.294 e. The predicted octanol–water partition coefficient (Wildman–Crippen LogP) is 5.51. The Morgan fingerprint density at radius 2 is 1.76 bits per heavy atom. The van der Waals surface area contributed by atoms with Crippen molar-refractivity contribution in [1.82, 2.24) is 9.19 Å². The molecule has 5 nitrogen and oxygen atoms in total. The maximum absolute atomic E-state index is 14.2. The van der Waals surface area contributed by atoms with E-state index in [1.54, 1.807) is 0 Å². The van der Waals surface area contributed by atoms with E-state index in [0.29, 0.717) is 11.5 Å². The second-order valence-corrected chi connectivity index (χ2v) is 9.31. The summed E-state index contributed by atoms with van der Waals surface area (Å²) in [5.74, 6) is -2.38. The van der Waals surface area contributed by atoms with Gasteiger partial charge >= 0.3 is 6.18 Å². The molecule has 0 radical (unpaired) electrons. The Labute approximate surface area is 190 Å². The lowest BCUT2D eigenvalue weighted by molar-refractivity contribution is -0.138. The molecule has 0 saturated carbocycles. The quantitative estimate of drug-likeness (QED) is 0.270. The summed E-state index contributed by atoms with van der Waals surface area (Å²) in [6.07, 6.45) is -4.20. The molecule has 4 aromatic rings. The number of ketones is 1. The first kappa shape index (κ1) is 22.9. The molecule has 0 fully saturated rings. The second kappa shape index (κ2) is 8.27. The zero-order valence-corrected chi connectivity index (χ0v) is 18.0. The highest BCUT2D eigenvalue weighted by molar-refractivity contribution is 7.90. The molecular formula is C22H13ClF4N2O3S. The van der Waals surface area contributed by atoms with Gasteiger partial charge in [0, 0.05) is 16.8 Å². The van der Waals surface area contributed by atoms with Gasteiger partial charge in [-0.2, -0.15) is 30.8 Å². The molecule has 0 bridgehead atoms. The molecule has 0 unspecified atom stereocenters. The summed E-state index contributed by atoms with van der Waals surface area (Å²) in [4.78, 5) is 12.5. The average Bonchev–Trinajstić information content (AvgIpc) is 3.17. The Kier molecular flexibility index (Phi) is 5.75. The van der Waals surface area contributed by atoms with Crippen molar-refractivity contribution in [3.8, 4) is 0 Å². The first-order valence-electron chi connectivity index (χ1n) is 9.35. The third-order valence-corrected chi connectivity index (χ3v) is 6.72. The summed E-state index contributed by atoms with van der Waals surface area (Å²) in [6.45, 7) is 0. The van der Waals surface area contributed by atoms with Gasteiger partial charge in [0.1, 0.15) is 5.82 Å². The van der Waals surface area contributed by atoms with Gasteiger partial charge in [0.15, 0.2) is 5.78 Å². The van der Waals surface area contributed by atoms with E-state index in [2.05, 4.69) is 5.10 Å². The lowest BCUT2D eigenvalue weighted by atomic mass is 9.97. The Balaban J connectivity index is 1.75. The van der Waals surface area contributed by atoms with Gasteiger partial charge in [-0.15, -0.1) is 0 Å². The maximum atomic E-state index is 14.2. The van der Waals surface area contributed by atoms with E-state index in [1.807, 2.05) is 0 Å². The highest BCUT2D eigenvalue weighted by Crippen LogP contribution is 2.34. The second-order valence-electron chi connectivity index (χ2n) is 7.10. The van der Waals surface area contributed by atoms with E-state index in [1.165, 1.54) is 48.7 Å². The van der Waals surface area contributed by atoms with Gasteiger partial charge in [0.2, 0.25) is 0 Å². The van der Waals surface area contributed by atoms with Crippen molar-refractivity contribution in [2.75, 3.05) is 0 Å². The summed E-state index contributed by atoms with van der Waals surface area (Å²) in [5.41, 5.74) is -2.15. The van der Waals surface area contributed by atoms with Gasteiger partial charge in [-0.25, -0.2) is 4.39 Å². The van der Waals surface area contributed by atoms with Crippen molar-refractivity contribution >= 4 is 38.3 Å². The molecule has 3 aromatic carbocycles. The molecule has 33 heavy (non-hydrogen) atoms. The fraction of sp³-hybridized carbons (Fsp3) is 0.0909. The van der Waals surface area contributed by atoms with E-state index < -0.39 is 45.3 Å². The van der Waals surface area contributed by atoms with Crippen LogP contribution in [0.15, 0.2) is 71.8 Å². The fourth-order valence-corrected chi connectivity index (χ4v) is 4.96. The normalized spacial score (nSPS) is 12.3. The third-order valence-electron chi connectivity index (χ3n) is 4.89. The van der Waals surface area contributed by atoms with Gasteiger partial charge in [-0.05, 0) is 42.0 Å². The van der Waals surface area contributed by atoms with Crippen LogP contribution in [0.2, 0.25) is 5.02 Å². The van der Waals surface area contributed by atoms with Crippen molar-refractivity contribution in [1.29, 1.82) is 0 Å². The first-order valence-corrected chi connectivity index (χ1v) is 11.2. The largest absolute Gasteiger partial charge is 0.417 e. The number of hydrogen-bond donors (Lipinski definition) is 0. The highest BCUT2D eigenvalue weighted by atomic mass is 35.5. The van der Waals surface area contributed by atoms with E-state index in [9.17, 15) is 30.8 Å². The average molecular weight is 497 g/mol. The number of alkyl halides is 3. The van der Waals surface area contributed by atoms with Gasteiger partial charge in [0.05, 0.1) is 27.7 Å². The molecule has 1 heterocycles. The van der Waals surface area contributed by atoms with E-state index in [0.717, 1.165) is 16.2 Å². The van der Waals surface area contributed by atoms with Crippen LogP contribution in [0.3, 0.4) is 0 Å². The molecule has 0 aliphatic rings. The molecule has 0 N–H and O–H groups in total. The monoisotopic (exact) mass is 496 g/mol. The van der Waals surface area contributed by atoms with Crippen molar-refractivity contribution in [2.24, 2.45) is 0 Å². The molecule has 0 saturated heterocycles. The number of Topliss-reactive ketones (excluding diaryl/α,β-unsaturated/α-hetero) is 1. The van der Waals surface area contributed by atoms with Crippen molar-refractivity contribution < 1.29 is 30.8 Å². The molecule has 4 rings (SSSR count). The maximum Gasteiger partial charge on any atom is 0.417 e. The number of hydrogen-bond acceptors (Lipinski definition) is 4. The number of carbonyl (C=O) groups excluding carboxylic acids is 1. The molecule has 170 valence electrons. The first-order chi connectivity index (χ1) is 15.5. The standard InChI is InChI=1S/C22H13ClF4N2O3S/c23-15-3-1-4-16(11-15)33(31,32)29-19-9-13(7-8-14(19)12-28-29)10-20(30)21-17(22(25,26)27)5-2-6-18(21)24/h1-9,11-12H,10H2. The van der Waals surface area contributed by atoms with Crippen LogP contribution in [0.25, 0.3) is 10.9 Å².